The Morgan fingerprint density at radius 2 is 2.32 bits per heavy atom. The van der Waals surface area contributed by atoms with Gasteiger partial charge in [-0.05, 0) is 43.5 Å². The molecule has 4 nitrogen and oxygen atoms in total. The van der Waals surface area contributed by atoms with Crippen LogP contribution in [0.3, 0.4) is 0 Å². The number of benzene rings is 1. The molecule has 0 aromatic heterocycles. The van der Waals surface area contributed by atoms with Gasteiger partial charge in [-0.1, -0.05) is 12.1 Å². The lowest BCUT2D eigenvalue weighted by Gasteiger charge is -2.21. The Kier molecular flexibility index (Phi) is 5.19. The topological polar surface area (TPSA) is 58.7 Å². The van der Waals surface area contributed by atoms with E-state index in [9.17, 15) is 5.11 Å². The van der Waals surface area contributed by atoms with Gasteiger partial charge in [-0.3, -0.25) is 0 Å². The molecule has 2 rings (SSSR count). The Bertz CT molecular complexity index is 409. The monoisotopic (exact) mass is 264 g/mol. The molecule has 19 heavy (non-hydrogen) atoms. The minimum Gasteiger partial charge on any atom is -0.493 e. The van der Waals surface area contributed by atoms with Crippen LogP contribution < -0.4 is 10.5 Å². The fourth-order valence-corrected chi connectivity index (χ4v) is 2.41. The van der Waals surface area contributed by atoms with Gasteiger partial charge in [0.1, 0.15) is 5.75 Å². The first kappa shape index (κ1) is 14.3. The fourth-order valence-electron chi connectivity index (χ4n) is 2.41. The van der Waals surface area contributed by atoms with E-state index in [4.69, 9.17) is 10.5 Å². The summed E-state index contributed by atoms with van der Waals surface area (Å²) in [7, 11) is 2.01. The Labute approximate surface area is 115 Å². The van der Waals surface area contributed by atoms with Crippen molar-refractivity contribution in [3.63, 3.8) is 0 Å². The van der Waals surface area contributed by atoms with Crippen LogP contribution in [0, 0.1) is 0 Å². The molecule has 106 valence electrons. The maximum atomic E-state index is 9.50. The predicted octanol–water partition coefficient (Wildman–Crippen LogP) is 0.806. The van der Waals surface area contributed by atoms with E-state index >= 15 is 0 Å². The molecule has 0 spiro atoms. The number of ether oxygens (including phenoxy) is 1. The quantitative estimate of drug-likeness (QED) is 0.798. The molecule has 0 amide bonds. The first-order chi connectivity index (χ1) is 9.19. The maximum Gasteiger partial charge on any atom is 0.122 e. The Balaban J connectivity index is 1.86. The first-order valence-electron chi connectivity index (χ1n) is 7.00. The number of fused-ring (bicyclic) bond motifs is 1. The summed E-state index contributed by atoms with van der Waals surface area (Å²) in [4.78, 5) is 2.12. The number of nitrogens with zero attached hydrogens (tertiary/aromatic N) is 1. The molecule has 0 saturated carbocycles. The third-order valence-electron chi connectivity index (χ3n) is 3.55. The first-order valence-corrected chi connectivity index (χ1v) is 7.00. The van der Waals surface area contributed by atoms with Gasteiger partial charge in [-0.25, -0.2) is 0 Å². The summed E-state index contributed by atoms with van der Waals surface area (Å²) in [6.45, 7) is 2.72. The zero-order chi connectivity index (χ0) is 13.7. The van der Waals surface area contributed by atoms with Crippen LogP contribution in [0.4, 0.5) is 0 Å². The highest BCUT2D eigenvalue weighted by Crippen LogP contribution is 2.25. The molecule has 4 heteroatoms. The Hall–Kier alpha value is -1.10. The molecular weight excluding hydrogens is 240 g/mol. The van der Waals surface area contributed by atoms with Crippen molar-refractivity contribution >= 4 is 0 Å². The second-order valence-corrected chi connectivity index (χ2v) is 5.30. The van der Waals surface area contributed by atoms with Crippen LogP contribution in [0.2, 0.25) is 0 Å². The van der Waals surface area contributed by atoms with Crippen molar-refractivity contribution in [2.75, 3.05) is 33.3 Å². The molecule has 0 aliphatic carbocycles. The molecule has 1 aliphatic rings. The van der Waals surface area contributed by atoms with E-state index in [0.29, 0.717) is 13.1 Å². The molecule has 0 fully saturated rings. The van der Waals surface area contributed by atoms with Crippen molar-refractivity contribution in [2.45, 2.75) is 25.4 Å². The molecule has 3 N–H and O–H groups in total. The van der Waals surface area contributed by atoms with Crippen LogP contribution in [-0.4, -0.2) is 49.4 Å². The molecule has 0 saturated heterocycles. The third kappa shape index (κ3) is 4.20. The van der Waals surface area contributed by atoms with E-state index in [1.807, 2.05) is 7.05 Å². The highest BCUT2D eigenvalue weighted by atomic mass is 16.5. The van der Waals surface area contributed by atoms with Gasteiger partial charge in [0.05, 0.1) is 12.7 Å². The summed E-state index contributed by atoms with van der Waals surface area (Å²) in [5.74, 6) is 1.04. The van der Waals surface area contributed by atoms with E-state index in [2.05, 4.69) is 23.1 Å². The van der Waals surface area contributed by atoms with Crippen molar-refractivity contribution in [3.8, 4) is 5.75 Å². The van der Waals surface area contributed by atoms with Gasteiger partial charge < -0.3 is 20.5 Å². The molecule has 1 aliphatic heterocycles. The predicted molar refractivity (Wildman–Crippen MR) is 76.5 cm³/mol. The average molecular weight is 264 g/mol. The molecule has 0 radical (unpaired) electrons. The number of hydrogen-bond donors (Lipinski definition) is 2. The molecular formula is C15H24N2O2. The minimum atomic E-state index is -0.429. The van der Waals surface area contributed by atoms with Crippen LogP contribution in [0.25, 0.3) is 0 Å². The lowest BCUT2D eigenvalue weighted by molar-refractivity contribution is 0.133. The van der Waals surface area contributed by atoms with E-state index in [0.717, 1.165) is 38.2 Å². The van der Waals surface area contributed by atoms with E-state index < -0.39 is 6.10 Å². The van der Waals surface area contributed by atoms with E-state index in [-0.39, 0.29) is 0 Å². The lowest BCUT2D eigenvalue weighted by atomic mass is 10.0. The van der Waals surface area contributed by atoms with Crippen LogP contribution in [0.15, 0.2) is 18.2 Å². The minimum absolute atomic E-state index is 0.320. The molecule has 1 aromatic rings. The van der Waals surface area contributed by atoms with Crippen molar-refractivity contribution < 1.29 is 9.84 Å². The summed E-state index contributed by atoms with van der Waals surface area (Å²) in [6.07, 6.45) is 2.78. The zero-order valence-electron chi connectivity index (χ0n) is 11.6. The highest BCUT2D eigenvalue weighted by molar-refractivity contribution is 5.38. The van der Waals surface area contributed by atoms with E-state index in [1.54, 1.807) is 0 Å². The van der Waals surface area contributed by atoms with Gasteiger partial charge >= 0.3 is 0 Å². The van der Waals surface area contributed by atoms with Gasteiger partial charge in [-0.15, -0.1) is 0 Å². The molecule has 1 unspecified atom stereocenters. The lowest BCUT2D eigenvalue weighted by Crippen LogP contribution is -2.35. The average Bonchev–Trinajstić information content (AvgIpc) is 2.44. The van der Waals surface area contributed by atoms with Crippen molar-refractivity contribution in [1.82, 2.24) is 4.90 Å². The third-order valence-corrected chi connectivity index (χ3v) is 3.55. The smallest absolute Gasteiger partial charge is 0.122 e. The van der Waals surface area contributed by atoms with Crippen molar-refractivity contribution in [3.05, 3.63) is 29.3 Å². The molecule has 1 aromatic carbocycles. The van der Waals surface area contributed by atoms with Crippen molar-refractivity contribution in [2.24, 2.45) is 5.73 Å². The molecule has 1 heterocycles. The number of hydrogen-bond acceptors (Lipinski definition) is 4. The summed E-state index contributed by atoms with van der Waals surface area (Å²) >= 11 is 0. The zero-order valence-corrected chi connectivity index (χ0v) is 11.6. The number of rotatable bonds is 6. The Morgan fingerprint density at radius 1 is 1.47 bits per heavy atom. The number of aryl methyl sites for hydroxylation is 1. The molecule has 0 bridgehead atoms. The van der Waals surface area contributed by atoms with Crippen LogP contribution in [-0.2, 0) is 12.8 Å². The number of likely N-dealkylation sites (N-methyl/N-ethyl adjacent to an activating group) is 1. The fraction of sp³-hybridized carbons (Fsp3) is 0.600. The largest absolute Gasteiger partial charge is 0.493 e. The summed E-state index contributed by atoms with van der Waals surface area (Å²) in [5, 5.41) is 9.50. The van der Waals surface area contributed by atoms with Crippen LogP contribution in [0.1, 0.15) is 17.5 Å². The van der Waals surface area contributed by atoms with Gasteiger partial charge in [0.15, 0.2) is 0 Å². The number of nitrogens with two attached hydrogens (primary N) is 1. The van der Waals surface area contributed by atoms with Gasteiger partial charge in [0, 0.05) is 19.6 Å². The van der Waals surface area contributed by atoms with Crippen LogP contribution >= 0.6 is 0 Å². The van der Waals surface area contributed by atoms with E-state index in [1.165, 1.54) is 11.1 Å². The normalized spacial score (nSPS) is 16.0. The molecule has 1 atom stereocenters. The van der Waals surface area contributed by atoms with Crippen molar-refractivity contribution in [1.29, 1.82) is 0 Å². The van der Waals surface area contributed by atoms with Gasteiger partial charge in [0.2, 0.25) is 0 Å². The number of aliphatic hydroxyl groups excluding tert-OH is 1. The summed E-state index contributed by atoms with van der Waals surface area (Å²) in [6, 6.07) is 6.47. The summed E-state index contributed by atoms with van der Waals surface area (Å²) in [5.41, 5.74) is 8.07. The second-order valence-electron chi connectivity index (χ2n) is 5.30. The van der Waals surface area contributed by atoms with Crippen LogP contribution in [0.5, 0.6) is 5.75 Å². The number of aliphatic hydroxyl groups is 1. The summed E-state index contributed by atoms with van der Waals surface area (Å²) < 4.78 is 5.61. The highest BCUT2D eigenvalue weighted by Gasteiger charge is 2.11. The van der Waals surface area contributed by atoms with Gasteiger partial charge in [0.25, 0.3) is 0 Å². The SMILES string of the molecule is CN(CCc1ccc2c(c1)CCCO2)CC(O)CN. The second kappa shape index (κ2) is 6.89. The standard InChI is InChI=1S/C15H24N2O2/c1-17(11-14(18)10-16)7-6-12-4-5-15-13(9-12)3-2-8-19-15/h4-5,9,14,18H,2-3,6-8,10-11,16H2,1H3. The van der Waals surface area contributed by atoms with Gasteiger partial charge in [-0.2, -0.15) is 0 Å². The Morgan fingerprint density at radius 3 is 3.11 bits per heavy atom. The maximum absolute atomic E-state index is 9.50.